The molecule has 1 fully saturated rings. The Morgan fingerprint density at radius 3 is 1.87 bits per heavy atom. The molecule has 23 heavy (non-hydrogen) atoms. The standard InChI is InChI=1S/C21H27NO/c1-22(2)20-15-9-14-19(16-20)21(23,17-10-5-3-6-11-17)18-12-7-4-8-13-18/h3-8,10-13,19-20,23H,9,14-16H2,1-2H3. The zero-order chi connectivity index (χ0) is 16.3. The van der Waals surface area contributed by atoms with Crippen LogP contribution >= 0.6 is 0 Å². The molecule has 2 unspecified atom stereocenters. The second-order valence-electron chi connectivity index (χ2n) is 6.98. The third-order valence-electron chi connectivity index (χ3n) is 5.40. The lowest BCUT2D eigenvalue weighted by molar-refractivity contribution is -0.0152. The predicted molar refractivity (Wildman–Crippen MR) is 95.3 cm³/mol. The lowest BCUT2D eigenvalue weighted by Crippen LogP contribution is -2.43. The van der Waals surface area contributed by atoms with E-state index in [2.05, 4.69) is 43.3 Å². The number of hydrogen-bond acceptors (Lipinski definition) is 2. The summed E-state index contributed by atoms with van der Waals surface area (Å²) in [5, 5.41) is 11.9. The van der Waals surface area contributed by atoms with Crippen molar-refractivity contribution in [3.63, 3.8) is 0 Å². The van der Waals surface area contributed by atoms with Crippen molar-refractivity contribution in [2.75, 3.05) is 14.1 Å². The fourth-order valence-electron chi connectivity index (χ4n) is 4.04. The summed E-state index contributed by atoms with van der Waals surface area (Å²) in [6, 6.07) is 20.9. The Kier molecular flexibility index (Phi) is 4.84. The maximum absolute atomic E-state index is 11.9. The molecule has 2 atom stereocenters. The smallest absolute Gasteiger partial charge is 0.117 e. The van der Waals surface area contributed by atoms with Crippen LogP contribution in [0.2, 0.25) is 0 Å². The highest BCUT2D eigenvalue weighted by atomic mass is 16.3. The Morgan fingerprint density at radius 1 is 0.870 bits per heavy atom. The Hall–Kier alpha value is -1.64. The van der Waals surface area contributed by atoms with Gasteiger partial charge in [0.15, 0.2) is 0 Å². The molecule has 0 amide bonds. The third kappa shape index (κ3) is 3.19. The molecule has 0 aliphatic heterocycles. The topological polar surface area (TPSA) is 23.5 Å². The van der Waals surface area contributed by atoms with E-state index in [4.69, 9.17) is 0 Å². The van der Waals surface area contributed by atoms with E-state index >= 15 is 0 Å². The highest BCUT2D eigenvalue weighted by molar-refractivity contribution is 5.37. The van der Waals surface area contributed by atoms with Gasteiger partial charge in [0, 0.05) is 6.04 Å². The van der Waals surface area contributed by atoms with Crippen molar-refractivity contribution >= 4 is 0 Å². The van der Waals surface area contributed by atoms with Gasteiger partial charge in [-0.05, 0) is 50.4 Å². The minimum absolute atomic E-state index is 0.244. The van der Waals surface area contributed by atoms with E-state index in [1.54, 1.807) is 0 Å². The molecule has 0 bridgehead atoms. The second-order valence-corrected chi connectivity index (χ2v) is 6.98. The van der Waals surface area contributed by atoms with Crippen LogP contribution in [0, 0.1) is 5.92 Å². The van der Waals surface area contributed by atoms with E-state index in [-0.39, 0.29) is 5.92 Å². The molecule has 2 aromatic rings. The molecule has 1 aliphatic carbocycles. The van der Waals surface area contributed by atoms with E-state index in [1.165, 1.54) is 12.8 Å². The predicted octanol–water partition coefficient (Wildman–Crippen LogP) is 4.04. The maximum atomic E-state index is 11.9. The molecule has 0 heterocycles. The molecular formula is C21H27NO. The van der Waals surface area contributed by atoms with Crippen LogP contribution in [0.1, 0.15) is 36.8 Å². The van der Waals surface area contributed by atoms with Crippen LogP contribution in [0.15, 0.2) is 60.7 Å². The van der Waals surface area contributed by atoms with Crippen molar-refractivity contribution in [1.82, 2.24) is 4.90 Å². The fourth-order valence-corrected chi connectivity index (χ4v) is 4.04. The first kappa shape index (κ1) is 16.2. The first-order chi connectivity index (χ1) is 11.1. The Labute approximate surface area is 139 Å². The molecule has 0 radical (unpaired) electrons. The van der Waals surface area contributed by atoms with Gasteiger partial charge in [0.05, 0.1) is 0 Å². The summed E-state index contributed by atoms with van der Waals surface area (Å²) in [5.41, 5.74) is 1.11. The SMILES string of the molecule is CN(C)C1CCCC(C(O)(c2ccccc2)c2ccccc2)C1. The van der Waals surface area contributed by atoms with Gasteiger partial charge in [0.25, 0.3) is 0 Å². The van der Waals surface area contributed by atoms with Gasteiger partial charge in [-0.3, -0.25) is 0 Å². The van der Waals surface area contributed by atoms with Crippen LogP contribution in [0.4, 0.5) is 0 Å². The van der Waals surface area contributed by atoms with Crippen LogP contribution in [0.3, 0.4) is 0 Å². The average molecular weight is 309 g/mol. The normalized spacial score (nSPS) is 22.3. The summed E-state index contributed by atoms with van der Waals surface area (Å²) in [6.45, 7) is 0. The molecule has 0 spiro atoms. The first-order valence-electron chi connectivity index (χ1n) is 8.62. The van der Waals surface area contributed by atoms with Gasteiger partial charge in [-0.1, -0.05) is 67.1 Å². The number of benzene rings is 2. The monoisotopic (exact) mass is 309 g/mol. The summed E-state index contributed by atoms with van der Waals surface area (Å²) < 4.78 is 0. The lowest BCUT2D eigenvalue weighted by Gasteiger charge is -2.43. The van der Waals surface area contributed by atoms with Gasteiger partial charge in [-0.2, -0.15) is 0 Å². The van der Waals surface area contributed by atoms with E-state index < -0.39 is 5.60 Å². The van der Waals surface area contributed by atoms with Gasteiger partial charge in [-0.15, -0.1) is 0 Å². The molecule has 2 aromatic carbocycles. The Balaban J connectivity index is 2.02. The maximum Gasteiger partial charge on any atom is 0.117 e. The van der Waals surface area contributed by atoms with E-state index in [0.29, 0.717) is 6.04 Å². The molecule has 122 valence electrons. The minimum Gasteiger partial charge on any atom is -0.380 e. The highest BCUT2D eigenvalue weighted by Gasteiger charge is 2.42. The van der Waals surface area contributed by atoms with Crippen molar-refractivity contribution in [3.8, 4) is 0 Å². The van der Waals surface area contributed by atoms with E-state index in [9.17, 15) is 5.11 Å². The molecule has 2 heteroatoms. The van der Waals surface area contributed by atoms with Gasteiger partial charge in [0.2, 0.25) is 0 Å². The first-order valence-corrected chi connectivity index (χ1v) is 8.62. The molecule has 3 rings (SSSR count). The molecule has 1 N–H and O–H groups in total. The van der Waals surface area contributed by atoms with Gasteiger partial charge < -0.3 is 10.0 Å². The zero-order valence-electron chi connectivity index (χ0n) is 14.2. The summed E-state index contributed by atoms with van der Waals surface area (Å²) in [6.07, 6.45) is 4.51. The molecular weight excluding hydrogens is 282 g/mol. The van der Waals surface area contributed by atoms with Crippen LogP contribution < -0.4 is 0 Å². The summed E-state index contributed by atoms with van der Waals surface area (Å²) in [4.78, 5) is 2.31. The number of hydrogen-bond donors (Lipinski definition) is 1. The lowest BCUT2D eigenvalue weighted by atomic mass is 9.68. The Bertz CT molecular complexity index is 569. The van der Waals surface area contributed by atoms with Gasteiger partial charge in [-0.25, -0.2) is 0 Å². The summed E-state index contributed by atoms with van der Waals surface area (Å²) in [7, 11) is 4.30. The summed E-state index contributed by atoms with van der Waals surface area (Å²) >= 11 is 0. The molecule has 1 saturated carbocycles. The van der Waals surface area contributed by atoms with Crippen LogP contribution in [0.25, 0.3) is 0 Å². The summed E-state index contributed by atoms with van der Waals surface area (Å²) in [5.74, 6) is 0.244. The highest BCUT2D eigenvalue weighted by Crippen LogP contribution is 2.44. The second kappa shape index (κ2) is 6.86. The zero-order valence-corrected chi connectivity index (χ0v) is 14.2. The van der Waals surface area contributed by atoms with Gasteiger partial charge >= 0.3 is 0 Å². The van der Waals surface area contributed by atoms with Crippen LogP contribution in [-0.2, 0) is 5.60 Å². The van der Waals surface area contributed by atoms with Crippen molar-refractivity contribution in [3.05, 3.63) is 71.8 Å². The molecule has 0 saturated heterocycles. The fraction of sp³-hybridized carbons (Fsp3) is 0.429. The van der Waals surface area contributed by atoms with E-state index in [0.717, 1.165) is 24.0 Å². The quantitative estimate of drug-likeness (QED) is 0.921. The largest absolute Gasteiger partial charge is 0.380 e. The van der Waals surface area contributed by atoms with Crippen molar-refractivity contribution in [2.24, 2.45) is 5.92 Å². The third-order valence-corrected chi connectivity index (χ3v) is 5.40. The van der Waals surface area contributed by atoms with Crippen LogP contribution in [0.5, 0.6) is 0 Å². The molecule has 2 nitrogen and oxygen atoms in total. The van der Waals surface area contributed by atoms with Crippen molar-refractivity contribution in [2.45, 2.75) is 37.3 Å². The van der Waals surface area contributed by atoms with Crippen molar-refractivity contribution in [1.29, 1.82) is 0 Å². The van der Waals surface area contributed by atoms with E-state index in [1.807, 2.05) is 36.4 Å². The molecule has 1 aliphatic rings. The average Bonchev–Trinajstić information content (AvgIpc) is 2.62. The van der Waals surface area contributed by atoms with Gasteiger partial charge in [0.1, 0.15) is 5.60 Å². The van der Waals surface area contributed by atoms with Crippen LogP contribution in [-0.4, -0.2) is 30.1 Å². The number of aliphatic hydroxyl groups is 1. The molecule has 0 aromatic heterocycles. The number of nitrogens with zero attached hydrogens (tertiary/aromatic N) is 1. The minimum atomic E-state index is -0.906. The Morgan fingerprint density at radius 2 is 1.39 bits per heavy atom. The number of rotatable bonds is 4. The van der Waals surface area contributed by atoms with Crippen molar-refractivity contribution < 1.29 is 5.11 Å².